The number of nitrogens with zero attached hydrogens (tertiary/aromatic N) is 1. The van der Waals surface area contributed by atoms with Crippen LogP contribution in [0.15, 0.2) is 0 Å². The molecule has 1 atom stereocenters. The van der Waals surface area contributed by atoms with Crippen LogP contribution in [0.5, 0.6) is 0 Å². The van der Waals surface area contributed by atoms with Crippen LogP contribution in [0.4, 0.5) is 4.79 Å². The summed E-state index contributed by atoms with van der Waals surface area (Å²) in [5.41, 5.74) is 0. The van der Waals surface area contributed by atoms with Crippen molar-refractivity contribution < 1.29 is 19.1 Å². The minimum atomic E-state index is -1.96. The molecular weight excluding hydrogens is 250 g/mol. The van der Waals surface area contributed by atoms with Gasteiger partial charge in [-0.1, -0.05) is 20.8 Å². The average Bonchev–Trinajstić information content (AvgIpc) is 2.13. The van der Waals surface area contributed by atoms with Gasteiger partial charge in [0.15, 0.2) is 14.1 Å². The summed E-state index contributed by atoms with van der Waals surface area (Å²) in [6, 6.07) is 0. The lowest BCUT2D eigenvalue weighted by atomic mass is 10.1. The van der Waals surface area contributed by atoms with Gasteiger partial charge in [-0.3, -0.25) is 9.69 Å². The summed E-state index contributed by atoms with van der Waals surface area (Å²) in [5, 5.41) is 9.02. The maximum Gasteiger partial charge on any atom is 0.407 e. The topological polar surface area (TPSA) is 66.8 Å². The predicted octanol–water partition coefficient (Wildman–Crippen LogP) is 2.33. The average molecular weight is 273 g/mol. The van der Waals surface area contributed by atoms with E-state index in [2.05, 4.69) is 33.9 Å². The Morgan fingerprint density at radius 3 is 2.44 bits per heavy atom. The molecular formula is C12H23NO4Si. The van der Waals surface area contributed by atoms with Gasteiger partial charge in [-0.25, -0.2) is 4.79 Å². The van der Waals surface area contributed by atoms with Gasteiger partial charge in [0.05, 0.1) is 12.6 Å². The molecule has 0 aliphatic carbocycles. The smallest absolute Gasteiger partial charge is 0.407 e. The van der Waals surface area contributed by atoms with Gasteiger partial charge in [0.25, 0.3) is 0 Å². The van der Waals surface area contributed by atoms with Crippen molar-refractivity contribution >= 4 is 20.2 Å². The molecule has 18 heavy (non-hydrogen) atoms. The van der Waals surface area contributed by atoms with Crippen LogP contribution in [0.1, 0.15) is 27.2 Å². The fourth-order valence-electron chi connectivity index (χ4n) is 1.72. The second kappa shape index (κ2) is 5.01. The Bertz CT molecular complexity index is 348. The van der Waals surface area contributed by atoms with E-state index in [1.807, 2.05) is 0 Å². The molecule has 1 fully saturated rings. The van der Waals surface area contributed by atoms with Crippen LogP contribution < -0.4 is 0 Å². The number of carbonyl (C=O) groups excluding carboxylic acids is 1. The van der Waals surface area contributed by atoms with Gasteiger partial charge >= 0.3 is 6.09 Å². The third-order valence-corrected chi connectivity index (χ3v) is 8.32. The highest BCUT2D eigenvalue weighted by atomic mass is 28.4. The molecule has 6 heteroatoms. The van der Waals surface area contributed by atoms with Crippen LogP contribution in [0.3, 0.4) is 0 Å². The third kappa shape index (κ3) is 3.55. The lowest BCUT2D eigenvalue weighted by Gasteiger charge is -2.41. The number of hydrogen-bond acceptors (Lipinski definition) is 3. The van der Waals surface area contributed by atoms with E-state index in [4.69, 9.17) is 9.53 Å². The molecule has 0 spiro atoms. The zero-order valence-corrected chi connectivity index (χ0v) is 12.8. The van der Waals surface area contributed by atoms with Crippen molar-refractivity contribution in [2.45, 2.75) is 51.4 Å². The van der Waals surface area contributed by atoms with E-state index in [1.165, 1.54) is 0 Å². The number of hydrogen-bond donors (Lipinski definition) is 1. The molecule has 0 radical (unpaired) electrons. The number of ketones is 1. The normalized spacial score (nSPS) is 22.2. The zero-order valence-electron chi connectivity index (χ0n) is 11.8. The molecule has 5 nitrogen and oxygen atoms in total. The van der Waals surface area contributed by atoms with Gasteiger partial charge in [0.1, 0.15) is 0 Å². The summed E-state index contributed by atoms with van der Waals surface area (Å²) in [5.74, 6) is -0.0626. The molecule has 1 amide bonds. The summed E-state index contributed by atoms with van der Waals surface area (Å²) in [4.78, 5) is 23.6. The first-order valence-corrected chi connectivity index (χ1v) is 9.11. The predicted molar refractivity (Wildman–Crippen MR) is 71.3 cm³/mol. The molecule has 0 aromatic rings. The molecule has 1 saturated heterocycles. The Hall–Kier alpha value is -0.883. The highest BCUT2D eigenvalue weighted by molar-refractivity contribution is 6.74. The van der Waals surface area contributed by atoms with Gasteiger partial charge < -0.3 is 9.53 Å². The van der Waals surface area contributed by atoms with Crippen molar-refractivity contribution in [2.24, 2.45) is 0 Å². The van der Waals surface area contributed by atoms with Crippen molar-refractivity contribution in [3.8, 4) is 0 Å². The van der Waals surface area contributed by atoms with Crippen LogP contribution in [0.25, 0.3) is 0 Å². The zero-order chi connectivity index (χ0) is 14.1. The van der Waals surface area contributed by atoms with Gasteiger partial charge in [0.2, 0.25) is 0 Å². The highest BCUT2D eigenvalue weighted by Crippen LogP contribution is 2.38. The van der Waals surface area contributed by atoms with Crippen molar-refractivity contribution in [1.29, 1.82) is 0 Å². The van der Waals surface area contributed by atoms with Gasteiger partial charge in [-0.05, 0) is 18.1 Å². The van der Waals surface area contributed by atoms with Crippen LogP contribution in [-0.2, 0) is 9.22 Å². The molecule has 1 unspecified atom stereocenters. The van der Waals surface area contributed by atoms with E-state index in [9.17, 15) is 9.59 Å². The molecule has 1 aliphatic heterocycles. The number of likely N-dealkylation sites (tertiary alicyclic amines) is 1. The van der Waals surface area contributed by atoms with Crippen LogP contribution in [0.2, 0.25) is 18.1 Å². The Morgan fingerprint density at radius 1 is 1.44 bits per heavy atom. The number of piperidine rings is 1. The monoisotopic (exact) mass is 273 g/mol. The minimum Gasteiger partial charge on any atom is -0.465 e. The van der Waals surface area contributed by atoms with Crippen LogP contribution in [0, 0.1) is 0 Å². The SMILES string of the molecule is CC(C)(C)[Si](C)(C)OC1CC(=O)CN(C(=O)O)C1. The largest absolute Gasteiger partial charge is 0.465 e. The quantitative estimate of drug-likeness (QED) is 0.784. The van der Waals surface area contributed by atoms with E-state index in [1.54, 1.807) is 0 Å². The molecule has 0 aromatic heterocycles. The number of Topliss-reactive ketones (excluding diaryl/α,β-unsaturated/α-hetero) is 1. The summed E-state index contributed by atoms with van der Waals surface area (Å²) in [6.45, 7) is 10.9. The number of amides is 1. The summed E-state index contributed by atoms with van der Waals surface area (Å²) >= 11 is 0. The molecule has 0 saturated carbocycles. The second-order valence-corrected chi connectivity index (χ2v) is 11.2. The summed E-state index contributed by atoms with van der Waals surface area (Å²) < 4.78 is 6.11. The van der Waals surface area contributed by atoms with E-state index in [-0.39, 0.29) is 23.5 Å². The van der Waals surface area contributed by atoms with Crippen molar-refractivity contribution in [3.63, 3.8) is 0 Å². The molecule has 0 aromatic carbocycles. The molecule has 1 heterocycles. The van der Waals surface area contributed by atoms with Crippen molar-refractivity contribution in [2.75, 3.05) is 13.1 Å². The maximum atomic E-state index is 11.6. The fourth-order valence-corrected chi connectivity index (χ4v) is 3.07. The Morgan fingerprint density at radius 2 is 2.00 bits per heavy atom. The van der Waals surface area contributed by atoms with E-state index in [0.29, 0.717) is 13.0 Å². The molecule has 1 N–H and O–H groups in total. The fraction of sp³-hybridized carbons (Fsp3) is 0.833. The first-order chi connectivity index (χ1) is 8.03. The molecule has 104 valence electrons. The number of rotatable bonds is 2. The summed E-state index contributed by atoms with van der Waals surface area (Å²) in [6.07, 6.45) is -1.01. The lowest BCUT2D eigenvalue weighted by Crippen LogP contribution is -2.52. The minimum absolute atomic E-state index is 0.00725. The van der Waals surface area contributed by atoms with E-state index < -0.39 is 14.4 Å². The third-order valence-electron chi connectivity index (χ3n) is 3.78. The number of carboxylic acid groups (broad SMARTS) is 1. The molecule has 1 aliphatic rings. The Balaban J connectivity index is 2.73. The highest BCUT2D eigenvalue weighted by Gasteiger charge is 2.41. The van der Waals surface area contributed by atoms with Crippen LogP contribution >= 0.6 is 0 Å². The first-order valence-electron chi connectivity index (χ1n) is 6.20. The van der Waals surface area contributed by atoms with E-state index in [0.717, 1.165) is 4.90 Å². The lowest BCUT2D eigenvalue weighted by molar-refractivity contribution is -0.124. The molecule has 1 rings (SSSR count). The second-order valence-electron chi connectivity index (χ2n) is 6.41. The first kappa shape index (κ1) is 15.2. The van der Waals surface area contributed by atoms with Gasteiger partial charge in [0, 0.05) is 13.0 Å². The number of carbonyl (C=O) groups is 2. The van der Waals surface area contributed by atoms with Crippen molar-refractivity contribution in [3.05, 3.63) is 0 Å². The van der Waals surface area contributed by atoms with Gasteiger partial charge in [-0.2, -0.15) is 0 Å². The molecule has 0 bridgehead atoms. The van der Waals surface area contributed by atoms with Gasteiger partial charge in [-0.15, -0.1) is 0 Å². The Kier molecular flexibility index (Phi) is 4.22. The maximum absolute atomic E-state index is 11.6. The standard InChI is InChI=1S/C12H23NO4Si/c1-12(2,3)18(4,5)17-10-6-9(14)7-13(8-10)11(15)16/h10H,6-8H2,1-5H3,(H,15,16). The van der Waals surface area contributed by atoms with Crippen LogP contribution in [-0.4, -0.2) is 49.4 Å². The van der Waals surface area contributed by atoms with Crippen molar-refractivity contribution in [1.82, 2.24) is 4.90 Å². The summed E-state index contributed by atoms with van der Waals surface area (Å²) in [7, 11) is -1.96. The Labute approximate surface area is 109 Å². The van der Waals surface area contributed by atoms with E-state index >= 15 is 0 Å².